The third-order valence-corrected chi connectivity index (χ3v) is 5.70. The van der Waals surface area contributed by atoms with E-state index in [1.807, 2.05) is 23.6 Å². The number of rotatable bonds is 8. The van der Waals surface area contributed by atoms with Gasteiger partial charge in [0.25, 0.3) is 0 Å². The van der Waals surface area contributed by atoms with Gasteiger partial charge in [-0.15, -0.1) is 17.9 Å². The smallest absolute Gasteiger partial charge is 0.179 e. The Morgan fingerprint density at radius 3 is 2.52 bits per heavy atom. The summed E-state index contributed by atoms with van der Waals surface area (Å²) in [4.78, 5) is 3.72. The van der Waals surface area contributed by atoms with Crippen LogP contribution in [0.1, 0.15) is 4.88 Å². The molecular weight excluding hydrogens is 302 g/mol. The molecule has 0 aliphatic carbocycles. The van der Waals surface area contributed by atoms with E-state index in [1.165, 1.54) is 4.88 Å². The van der Waals surface area contributed by atoms with Crippen molar-refractivity contribution in [1.82, 2.24) is 4.90 Å². The summed E-state index contributed by atoms with van der Waals surface area (Å²) < 4.78 is 24.6. The minimum Gasteiger partial charge on any atom is -0.294 e. The zero-order valence-corrected chi connectivity index (χ0v) is 13.4. The van der Waals surface area contributed by atoms with Gasteiger partial charge < -0.3 is 0 Å². The predicted octanol–water partition coefficient (Wildman–Crippen LogP) is 3.21. The zero-order chi connectivity index (χ0) is 15.1. The third-order valence-electron chi connectivity index (χ3n) is 3.13. The topological polar surface area (TPSA) is 37.4 Å². The van der Waals surface area contributed by atoms with Crippen molar-refractivity contribution in [3.63, 3.8) is 0 Å². The molecule has 0 aliphatic rings. The largest absolute Gasteiger partial charge is 0.294 e. The highest BCUT2D eigenvalue weighted by atomic mass is 32.2. The fourth-order valence-corrected chi connectivity index (χ4v) is 4.09. The molecule has 0 spiro atoms. The number of hydrogen-bond acceptors (Lipinski definition) is 4. The van der Waals surface area contributed by atoms with E-state index in [1.54, 1.807) is 35.6 Å². The SMILES string of the molecule is C=CCN(CCS(=O)(=O)c1ccccc1)Cc1cccs1. The molecule has 1 aromatic carbocycles. The summed E-state index contributed by atoms with van der Waals surface area (Å²) in [5.74, 6) is 0.121. The van der Waals surface area contributed by atoms with Gasteiger partial charge >= 0.3 is 0 Å². The lowest BCUT2D eigenvalue weighted by Gasteiger charge is -2.19. The second-order valence-electron chi connectivity index (χ2n) is 4.74. The van der Waals surface area contributed by atoms with Crippen LogP contribution < -0.4 is 0 Å². The van der Waals surface area contributed by atoms with Crippen LogP contribution in [-0.4, -0.2) is 32.2 Å². The van der Waals surface area contributed by atoms with Crippen LogP contribution in [0.15, 0.2) is 65.4 Å². The molecule has 1 heterocycles. The van der Waals surface area contributed by atoms with Gasteiger partial charge in [-0.25, -0.2) is 8.42 Å². The number of benzene rings is 1. The molecule has 0 saturated carbocycles. The average Bonchev–Trinajstić information content (AvgIpc) is 2.99. The number of hydrogen-bond donors (Lipinski definition) is 0. The third kappa shape index (κ3) is 4.81. The lowest BCUT2D eigenvalue weighted by molar-refractivity contribution is 0.315. The quantitative estimate of drug-likeness (QED) is 0.701. The van der Waals surface area contributed by atoms with Crippen LogP contribution in [0.5, 0.6) is 0 Å². The molecule has 0 bridgehead atoms. The van der Waals surface area contributed by atoms with Gasteiger partial charge in [-0.2, -0.15) is 0 Å². The molecular formula is C16H19NO2S2. The minimum absolute atomic E-state index is 0.121. The first-order valence-electron chi connectivity index (χ1n) is 6.75. The van der Waals surface area contributed by atoms with Crippen LogP contribution in [0, 0.1) is 0 Å². The van der Waals surface area contributed by atoms with Crippen molar-refractivity contribution in [2.24, 2.45) is 0 Å². The van der Waals surface area contributed by atoms with Crippen LogP contribution in [-0.2, 0) is 16.4 Å². The molecule has 21 heavy (non-hydrogen) atoms. The highest BCUT2D eigenvalue weighted by molar-refractivity contribution is 7.91. The van der Waals surface area contributed by atoms with Crippen molar-refractivity contribution in [3.05, 3.63) is 65.4 Å². The van der Waals surface area contributed by atoms with Gasteiger partial charge in [0.2, 0.25) is 0 Å². The van der Waals surface area contributed by atoms with Crippen molar-refractivity contribution in [2.75, 3.05) is 18.8 Å². The van der Waals surface area contributed by atoms with E-state index in [0.29, 0.717) is 18.0 Å². The van der Waals surface area contributed by atoms with Gasteiger partial charge in [-0.1, -0.05) is 30.3 Å². The predicted molar refractivity (Wildman–Crippen MR) is 88.3 cm³/mol. The molecule has 0 saturated heterocycles. The van der Waals surface area contributed by atoms with E-state index in [4.69, 9.17) is 0 Å². The Labute approximate surface area is 130 Å². The summed E-state index contributed by atoms with van der Waals surface area (Å²) >= 11 is 1.68. The van der Waals surface area contributed by atoms with E-state index < -0.39 is 9.84 Å². The number of thiophene rings is 1. The first-order valence-corrected chi connectivity index (χ1v) is 9.28. The van der Waals surface area contributed by atoms with Crippen LogP contribution in [0.4, 0.5) is 0 Å². The Kier molecular flexibility index (Phi) is 5.73. The normalized spacial score (nSPS) is 11.7. The van der Waals surface area contributed by atoms with E-state index in [-0.39, 0.29) is 5.75 Å². The van der Waals surface area contributed by atoms with Gasteiger partial charge in [0.1, 0.15) is 0 Å². The maximum absolute atomic E-state index is 12.3. The summed E-state index contributed by atoms with van der Waals surface area (Å²) in [6.45, 7) is 5.69. The Morgan fingerprint density at radius 2 is 1.90 bits per heavy atom. The molecule has 1 aromatic heterocycles. The van der Waals surface area contributed by atoms with Crippen LogP contribution >= 0.6 is 11.3 Å². The molecule has 0 fully saturated rings. The van der Waals surface area contributed by atoms with E-state index in [2.05, 4.69) is 17.5 Å². The van der Waals surface area contributed by atoms with E-state index >= 15 is 0 Å². The summed E-state index contributed by atoms with van der Waals surface area (Å²) in [5, 5.41) is 2.03. The van der Waals surface area contributed by atoms with Crippen molar-refractivity contribution in [3.8, 4) is 0 Å². The molecule has 0 unspecified atom stereocenters. The second-order valence-corrected chi connectivity index (χ2v) is 7.88. The molecule has 5 heteroatoms. The Morgan fingerprint density at radius 1 is 1.14 bits per heavy atom. The molecule has 2 rings (SSSR count). The fraction of sp³-hybridized carbons (Fsp3) is 0.250. The molecule has 0 N–H and O–H groups in total. The Balaban J connectivity index is 1.99. The van der Waals surface area contributed by atoms with Crippen LogP contribution in [0.25, 0.3) is 0 Å². The van der Waals surface area contributed by atoms with Gasteiger partial charge in [0, 0.05) is 24.5 Å². The molecule has 2 aromatic rings. The van der Waals surface area contributed by atoms with E-state index in [9.17, 15) is 8.42 Å². The molecule has 0 aliphatic heterocycles. The monoisotopic (exact) mass is 321 g/mol. The summed E-state index contributed by atoms with van der Waals surface area (Å²) in [6.07, 6.45) is 1.81. The van der Waals surface area contributed by atoms with Crippen molar-refractivity contribution < 1.29 is 8.42 Å². The van der Waals surface area contributed by atoms with Gasteiger partial charge in [-0.3, -0.25) is 4.90 Å². The lowest BCUT2D eigenvalue weighted by atomic mass is 10.4. The summed E-state index contributed by atoms with van der Waals surface area (Å²) in [6, 6.07) is 12.7. The number of sulfone groups is 1. The minimum atomic E-state index is -3.23. The molecule has 3 nitrogen and oxygen atoms in total. The molecule has 0 atom stereocenters. The highest BCUT2D eigenvalue weighted by Crippen LogP contribution is 2.14. The van der Waals surface area contributed by atoms with Gasteiger partial charge in [0.05, 0.1) is 10.6 Å². The second kappa shape index (κ2) is 7.54. The van der Waals surface area contributed by atoms with Gasteiger partial charge in [0.15, 0.2) is 9.84 Å². The van der Waals surface area contributed by atoms with Crippen LogP contribution in [0.2, 0.25) is 0 Å². The highest BCUT2D eigenvalue weighted by Gasteiger charge is 2.16. The van der Waals surface area contributed by atoms with Crippen LogP contribution in [0.3, 0.4) is 0 Å². The average molecular weight is 321 g/mol. The maximum Gasteiger partial charge on any atom is 0.179 e. The Bertz CT molecular complexity index is 649. The first kappa shape index (κ1) is 15.9. The van der Waals surface area contributed by atoms with Gasteiger partial charge in [-0.05, 0) is 23.6 Å². The number of nitrogens with zero attached hydrogens (tertiary/aromatic N) is 1. The Hall–Kier alpha value is -1.43. The van der Waals surface area contributed by atoms with E-state index in [0.717, 1.165) is 6.54 Å². The fourth-order valence-electron chi connectivity index (χ4n) is 2.04. The zero-order valence-electron chi connectivity index (χ0n) is 11.8. The maximum atomic E-state index is 12.3. The van der Waals surface area contributed by atoms with Crippen molar-refractivity contribution in [2.45, 2.75) is 11.4 Å². The molecule has 0 radical (unpaired) electrons. The summed E-state index contributed by atoms with van der Waals surface area (Å²) in [7, 11) is -3.23. The van der Waals surface area contributed by atoms with Crippen molar-refractivity contribution >= 4 is 21.2 Å². The standard InChI is InChI=1S/C16H19NO2S2/c1-2-10-17(14-15-7-6-12-20-15)11-13-21(18,19)16-8-4-3-5-9-16/h2-9,12H,1,10-11,13-14H2. The first-order chi connectivity index (χ1) is 10.1. The summed E-state index contributed by atoms with van der Waals surface area (Å²) in [5.41, 5.74) is 0. The lowest BCUT2D eigenvalue weighted by Crippen LogP contribution is -2.29. The van der Waals surface area contributed by atoms with Crippen molar-refractivity contribution in [1.29, 1.82) is 0 Å². The molecule has 112 valence electrons. The molecule has 0 amide bonds.